The van der Waals surface area contributed by atoms with Crippen LogP contribution in [0.2, 0.25) is 0 Å². The van der Waals surface area contributed by atoms with Crippen molar-refractivity contribution in [2.45, 2.75) is 12.5 Å². The molecule has 1 heterocycles. The summed E-state index contributed by atoms with van der Waals surface area (Å²) in [4.78, 5) is 3.96. The first-order valence-electron chi connectivity index (χ1n) is 6.86. The third-order valence-electron chi connectivity index (χ3n) is 3.45. The Labute approximate surface area is 130 Å². The minimum absolute atomic E-state index is 0.0397. The predicted octanol–water partition coefficient (Wildman–Crippen LogP) is 5.03. The van der Waals surface area contributed by atoms with E-state index in [1.54, 1.807) is 60.7 Å². The Kier molecular flexibility index (Phi) is 3.90. The van der Waals surface area contributed by atoms with Gasteiger partial charge in [-0.05, 0) is 0 Å². The highest BCUT2D eigenvalue weighted by Gasteiger charge is 2.45. The molecular formula is C17H12F4N2. The maximum atomic E-state index is 13.9. The number of hydrogen-bond donors (Lipinski definition) is 0. The van der Waals surface area contributed by atoms with Crippen LogP contribution in [0.25, 0.3) is 22.5 Å². The van der Waals surface area contributed by atoms with Crippen LogP contribution in [0.3, 0.4) is 0 Å². The Balaban J connectivity index is 2.26. The van der Waals surface area contributed by atoms with Crippen molar-refractivity contribution in [1.82, 2.24) is 9.55 Å². The molecule has 118 valence electrons. The molecule has 3 rings (SSSR count). The second-order valence-corrected chi connectivity index (χ2v) is 4.93. The van der Waals surface area contributed by atoms with Gasteiger partial charge in [-0.3, -0.25) is 4.57 Å². The number of benzene rings is 2. The summed E-state index contributed by atoms with van der Waals surface area (Å²) in [6.45, 7) is 0. The van der Waals surface area contributed by atoms with Gasteiger partial charge in [0.1, 0.15) is 6.33 Å². The summed E-state index contributed by atoms with van der Waals surface area (Å²) in [6, 6.07) is 12.5. The van der Waals surface area contributed by atoms with E-state index in [-0.39, 0.29) is 16.0 Å². The standard InChI is InChI=1S/C17H12F4N2/c18-16(19)17(20,21)23-11-22-14(12-7-3-1-4-8-12)15(23)13-9-5-2-6-10-13/h1-11,16H. The number of alkyl halides is 4. The molecule has 0 saturated carbocycles. The maximum Gasteiger partial charge on any atom is 0.390 e. The molecule has 3 aromatic rings. The van der Waals surface area contributed by atoms with E-state index >= 15 is 0 Å². The molecule has 0 bridgehead atoms. The van der Waals surface area contributed by atoms with Gasteiger partial charge in [-0.2, -0.15) is 8.78 Å². The Morgan fingerprint density at radius 2 is 1.35 bits per heavy atom. The summed E-state index contributed by atoms with van der Waals surface area (Å²) in [5.41, 5.74) is 1.17. The summed E-state index contributed by atoms with van der Waals surface area (Å²) in [5.74, 6) is 0. The Morgan fingerprint density at radius 3 is 1.87 bits per heavy atom. The molecule has 0 N–H and O–H groups in total. The van der Waals surface area contributed by atoms with Crippen molar-refractivity contribution in [3.63, 3.8) is 0 Å². The molecule has 0 aliphatic carbocycles. The van der Waals surface area contributed by atoms with Crippen LogP contribution in [0, 0.1) is 0 Å². The first-order chi connectivity index (χ1) is 11.0. The summed E-state index contributed by atoms with van der Waals surface area (Å²) in [5, 5.41) is 0. The number of nitrogens with zero attached hydrogens (tertiary/aromatic N) is 2. The molecule has 0 radical (unpaired) electrons. The zero-order valence-corrected chi connectivity index (χ0v) is 11.8. The predicted molar refractivity (Wildman–Crippen MR) is 79.3 cm³/mol. The Hall–Kier alpha value is -2.63. The van der Waals surface area contributed by atoms with Crippen molar-refractivity contribution in [3.05, 3.63) is 67.0 Å². The van der Waals surface area contributed by atoms with Crippen LogP contribution < -0.4 is 0 Å². The van der Waals surface area contributed by atoms with Crippen LogP contribution in [0.4, 0.5) is 17.6 Å². The lowest BCUT2D eigenvalue weighted by molar-refractivity contribution is -0.188. The van der Waals surface area contributed by atoms with Crippen molar-refractivity contribution < 1.29 is 17.6 Å². The van der Waals surface area contributed by atoms with Crippen LogP contribution in [0.1, 0.15) is 0 Å². The largest absolute Gasteiger partial charge is 0.390 e. The highest BCUT2D eigenvalue weighted by Crippen LogP contribution is 2.38. The quantitative estimate of drug-likeness (QED) is 0.616. The van der Waals surface area contributed by atoms with Gasteiger partial charge in [-0.25, -0.2) is 13.8 Å². The van der Waals surface area contributed by atoms with E-state index in [1.807, 2.05) is 0 Å². The molecule has 0 amide bonds. The van der Waals surface area contributed by atoms with Crippen LogP contribution >= 0.6 is 0 Å². The van der Waals surface area contributed by atoms with E-state index in [0.717, 1.165) is 6.33 Å². The molecule has 0 spiro atoms. The molecular weight excluding hydrogens is 308 g/mol. The smallest absolute Gasteiger partial charge is 0.265 e. The normalized spacial score (nSPS) is 11.9. The molecule has 0 fully saturated rings. The lowest BCUT2D eigenvalue weighted by Crippen LogP contribution is -2.31. The summed E-state index contributed by atoms with van der Waals surface area (Å²) >= 11 is 0. The maximum absolute atomic E-state index is 13.9. The Bertz CT molecular complexity index is 783. The van der Waals surface area contributed by atoms with Crippen LogP contribution in [-0.2, 0) is 6.05 Å². The van der Waals surface area contributed by atoms with Crippen LogP contribution in [0.5, 0.6) is 0 Å². The molecule has 6 heteroatoms. The minimum atomic E-state index is -4.34. The van der Waals surface area contributed by atoms with Crippen molar-refractivity contribution >= 4 is 0 Å². The summed E-state index contributed by atoms with van der Waals surface area (Å²) < 4.78 is 53.7. The number of halogens is 4. The number of rotatable bonds is 4. The van der Waals surface area contributed by atoms with Gasteiger partial charge in [0.05, 0.1) is 11.4 Å². The van der Waals surface area contributed by atoms with E-state index in [2.05, 4.69) is 4.98 Å². The number of hydrogen-bond acceptors (Lipinski definition) is 1. The molecule has 0 atom stereocenters. The van der Waals surface area contributed by atoms with Crippen LogP contribution in [-0.4, -0.2) is 16.0 Å². The van der Waals surface area contributed by atoms with Gasteiger partial charge < -0.3 is 0 Å². The summed E-state index contributed by atoms with van der Waals surface area (Å²) in [6.07, 6.45) is -3.07. The van der Waals surface area contributed by atoms with Crippen molar-refractivity contribution in [2.24, 2.45) is 0 Å². The summed E-state index contributed by atoms with van der Waals surface area (Å²) in [7, 11) is 0. The van der Waals surface area contributed by atoms with E-state index in [4.69, 9.17) is 0 Å². The molecule has 0 unspecified atom stereocenters. The van der Waals surface area contributed by atoms with Gasteiger partial charge in [0.25, 0.3) is 0 Å². The van der Waals surface area contributed by atoms with Crippen molar-refractivity contribution in [3.8, 4) is 22.5 Å². The molecule has 0 aliphatic heterocycles. The average molecular weight is 320 g/mol. The topological polar surface area (TPSA) is 17.8 Å². The fraction of sp³-hybridized carbons (Fsp3) is 0.118. The van der Waals surface area contributed by atoms with Gasteiger partial charge in [0, 0.05) is 11.1 Å². The first-order valence-corrected chi connectivity index (χ1v) is 6.86. The third-order valence-corrected chi connectivity index (χ3v) is 3.45. The van der Waals surface area contributed by atoms with Crippen LogP contribution in [0.15, 0.2) is 67.0 Å². The lowest BCUT2D eigenvalue weighted by Gasteiger charge is -2.20. The van der Waals surface area contributed by atoms with E-state index in [0.29, 0.717) is 11.1 Å². The highest BCUT2D eigenvalue weighted by molar-refractivity contribution is 5.78. The van der Waals surface area contributed by atoms with E-state index in [9.17, 15) is 17.6 Å². The zero-order valence-electron chi connectivity index (χ0n) is 11.8. The molecule has 23 heavy (non-hydrogen) atoms. The van der Waals surface area contributed by atoms with Crippen molar-refractivity contribution in [1.29, 1.82) is 0 Å². The number of imidazole rings is 1. The number of aromatic nitrogens is 2. The fourth-order valence-corrected chi connectivity index (χ4v) is 2.36. The molecule has 1 aromatic heterocycles. The van der Waals surface area contributed by atoms with Gasteiger partial charge in [0.15, 0.2) is 0 Å². The van der Waals surface area contributed by atoms with Crippen molar-refractivity contribution in [2.75, 3.05) is 0 Å². The molecule has 0 aliphatic rings. The van der Waals surface area contributed by atoms with Gasteiger partial charge in [0.2, 0.25) is 0 Å². The lowest BCUT2D eigenvalue weighted by atomic mass is 10.0. The average Bonchev–Trinajstić information content (AvgIpc) is 3.02. The molecule has 2 nitrogen and oxygen atoms in total. The second kappa shape index (κ2) is 5.87. The molecule has 2 aromatic carbocycles. The molecule has 0 saturated heterocycles. The minimum Gasteiger partial charge on any atom is -0.265 e. The highest BCUT2D eigenvalue weighted by atomic mass is 19.3. The SMILES string of the molecule is FC(F)C(F)(F)n1cnc(-c2ccccc2)c1-c1ccccc1. The van der Waals surface area contributed by atoms with E-state index < -0.39 is 12.5 Å². The second-order valence-electron chi connectivity index (χ2n) is 4.93. The van der Waals surface area contributed by atoms with Gasteiger partial charge in [-0.15, -0.1) is 0 Å². The zero-order chi connectivity index (χ0) is 16.4. The van der Waals surface area contributed by atoms with Gasteiger partial charge in [-0.1, -0.05) is 60.7 Å². The van der Waals surface area contributed by atoms with E-state index in [1.165, 1.54) is 0 Å². The van der Waals surface area contributed by atoms with Gasteiger partial charge >= 0.3 is 12.5 Å². The first kappa shape index (κ1) is 15.3. The monoisotopic (exact) mass is 320 g/mol. The fourth-order valence-electron chi connectivity index (χ4n) is 2.36. The third kappa shape index (κ3) is 2.72. The Morgan fingerprint density at radius 1 is 0.826 bits per heavy atom.